The number of amides is 1. The van der Waals surface area contributed by atoms with Crippen LogP contribution in [0.3, 0.4) is 0 Å². The second kappa shape index (κ2) is 10.5. The minimum Gasteiger partial charge on any atom is -0.464 e. The molecule has 2 heterocycles. The van der Waals surface area contributed by atoms with Gasteiger partial charge in [-0.15, -0.1) is 0 Å². The Morgan fingerprint density at radius 3 is 2.67 bits per heavy atom. The Hall–Kier alpha value is -2.44. The Bertz CT molecular complexity index is 857. The summed E-state index contributed by atoms with van der Waals surface area (Å²) in [6.07, 6.45) is 6.72. The maximum atomic E-state index is 12.9. The number of imidazole rings is 1. The summed E-state index contributed by atoms with van der Waals surface area (Å²) in [4.78, 5) is 33.8. The van der Waals surface area contributed by atoms with Gasteiger partial charge in [-0.2, -0.15) is 0 Å². The van der Waals surface area contributed by atoms with Crippen LogP contribution in [0.25, 0.3) is 11.0 Å². The van der Waals surface area contributed by atoms with Crippen LogP contribution in [0.2, 0.25) is 0 Å². The second-order valence-corrected chi connectivity index (χ2v) is 8.92. The van der Waals surface area contributed by atoms with Gasteiger partial charge < -0.3 is 14.6 Å². The predicted molar refractivity (Wildman–Crippen MR) is 118 cm³/mol. The minimum atomic E-state index is -0.592. The number of aryl methyl sites for hydroxylation is 2. The molecule has 1 atom stereocenters. The normalized spacial score (nSPS) is 12.9. The SMILES string of the molecule is CCOC(=O)[C@H](CC(C)C)NC(=O)C(C)(C)CCCCn1c(C)nc2cnccc21. The fourth-order valence-electron chi connectivity index (χ4n) is 3.62. The van der Waals surface area contributed by atoms with Crippen LogP contribution in [-0.2, 0) is 20.9 Å². The number of nitrogens with one attached hydrogen (secondary N) is 1. The highest BCUT2D eigenvalue weighted by Gasteiger charge is 2.31. The molecule has 2 rings (SSSR count). The number of esters is 1. The highest BCUT2D eigenvalue weighted by molar-refractivity contribution is 5.87. The van der Waals surface area contributed by atoms with E-state index < -0.39 is 11.5 Å². The van der Waals surface area contributed by atoms with E-state index in [2.05, 4.69) is 19.9 Å². The van der Waals surface area contributed by atoms with Gasteiger partial charge in [-0.3, -0.25) is 9.78 Å². The summed E-state index contributed by atoms with van der Waals surface area (Å²) in [7, 11) is 0. The van der Waals surface area contributed by atoms with E-state index in [0.717, 1.165) is 42.7 Å². The number of pyridine rings is 1. The van der Waals surface area contributed by atoms with Crippen molar-refractivity contribution in [2.45, 2.75) is 79.8 Å². The molecule has 0 radical (unpaired) electrons. The topological polar surface area (TPSA) is 86.1 Å². The smallest absolute Gasteiger partial charge is 0.328 e. The molecular formula is C23H36N4O3. The third-order valence-electron chi connectivity index (χ3n) is 5.37. The maximum Gasteiger partial charge on any atom is 0.328 e. The highest BCUT2D eigenvalue weighted by Crippen LogP contribution is 2.25. The lowest BCUT2D eigenvalue weighted by atomic mass is 9.85. The molecule has 7 nitrogen and oxygen atoms in total. The van der Waals surface area contributed by atoms with E-state index in [1.807, 2.05) is 40.7 Å². The van der Waals surface area contributed by atoms with Crippen molar-refractivity contribution in [3.8, 4) is 0 Å². The fraction of sp³-hybridized carbons (Fsp3) is 0.652. The molecule has 166 valence electrons. The summed E-state index contributed by atoms with van der Waals surface area (Å²) >= 11 is 0. The Labute approximate surface area is 179 Å². The van der Waals surface area contributed by atoms with Crippen molar-refractivity contribution in [1.29, 1.82) is 0 Å². The quantitative estimate of drug-likeness (QED) is 0.441. The lowest BCUT2D eigenvalue weighted by Crippen LogP contribution is -2.47. The summed E-state index contributed by atoms with van der Waals surface area (Å²) in [5.74, 6) is 0.802. The monoisotopic (exact) mass is 416 g/mol. The average Bonchev–Trinajstić information content (AvgIpc) is 2.99. The predicted octanol–water partition coefficient (Wildman–Crippen LogP) is 4.03. The molecule has 0 saturated carbocycles. The summed E-state index contributed by atoms with van der Waals surface area (Å²) in [6.45, 7) is 12.9. The molecule has 1 amide bonds. The first-order valence-corrected chi connectivity index (χ1v) is 10.9. The van der Waals surface area contributed by atoms with Crippen LogP contribution >= 0.6 is 0 Å². The lowest BCUT2D eigenvalue weighted by molar-refractivity contribution is -0.149. The van der Waals surface area contributed by atoms with Gasteiger partial charge in [0.05, 0.1) is 18.3 Å². The Kier molecular flexibility index (Phi) is 8.38. The maximum absolute atomic E-state index is 12.9. The van der Waals surface area contributed by atoms with Crippen LogP contribution in [-0.4, -0.2) is 39.1 Å². The molecule has 0 bridgehead atoms. The van der Waals surface area contributed by atoms with Gasteiger partial charge in [0.25, 0.3) is 0 Å². The number of hydrogen-bond donors (Lipinski definition) is 1. The largest absolute Gasteiger partial charge is 0.464 e. The van der Waals surface area contributed by atoms with Crippen molar-refractivity contribution in [2.24, 2.45) is 11.3 Å². The van der Waals surface area contributed by atoms with E-state index in [1.54, 1.807) is 19.3 Å². The number of ether oxygens (including phenoxy) is 1. The number of nitrogens with zero attached hydrogens (tertiary/aromatic N) is 3. The third kappa shape index (κ3) is 6.28. The molecule has 0 aliphatic rings. The number of aromatic nitrogens is 3. The lowest BCUT2D eigenvalue weighted by Gasteiger charge is -2.27. The van der Waals surface area contributed by atoms with Crippen LogP contribution in [0.5, 0.6) is 0 Å². The van der Waals surface area contributed by atoms with Crippen LogP contribution in [0.1, 0.15) is 66.1 Å². The van der Waals surface area contributed by atoms with Gasteiger partial charge in [-0.25, -0.2) is 9.78 Å². The molecule has 0 saturated heterocycles. The molecule has 30 heavy (non-hydrogen) atoms. The van der Waals surface area contributed by atoms with Crippen LogP contribution in [0.15, 0.2) is 18.5 Å². The van der Waals surface area contributed by atoms with Gasteiger partial charge in [0.1, 0.15) is 17.4 Å². The second-order valence-electron chi connectivity index (χ2n) is 8.92. The van der Waals surface area contributed by atoms with Gasteiger partial charge in [-0.05, 0) is 45.1 Å². The highest BCUT2D eigenvalue weighted by atomic mass is 16.5. The van der Waals surface area contributed by atoms with Crippen molar-refractivity contribution in [2.75, 3.05) is 6.61 Å². The molecule has 0 aliphatic carbocycles. The molecule has 0 fully saturated rings. The molecular weight excluding hydrogens is 380 g/mol. The zero-order valence-corrected chi connectivity index (χ0v) is 19.2. The molecule has 7 heteroatoms. The summed E-state index contributed by atoms with van der Waals surface area (Å²) in [5.41, 5.74) is 1.44. The number of carbonyl (C=O) groups excluding carboxylic acids is 2. The van der Waals surface area contributed by atoms with Crippen molar-refractivity contribution in [3.05, 3.63) is 24.3 Å². The van der Waals surface area contributed by atoms with Gasteiger partial charge in [0.15, 0.2) is 0 Å². The molecule has 1 N–H and O–H groups in total. The molecule has 2 aromatic rings. The summed E-state index contributed by atoms with van der Waals surface area (Å²) in [6, 6.07) is 1.39. The zero-order valence-electron chi connectivity index (χ0n) is 19.2. The number of carbonyl (C=O) groups is 2. The number of rotatable bonds is 11. The number of hydrogen-bond acceptors (Lipinski definition) is 5. The van der Waals surface area contributed by atoms with Crippen molar-refractivity contribution in [3.63, 3.8) is 0 Å². The first-order valence-electron chi connectivity index (χ1n) is 10.9. The van der Waals surface area contributed by atoms with Gasteiger partial charge in [0.2, 0.25) is 5.91 Å². The van der Waals surface area contributed by atoms with Crippen molar-refractivity contribution < 1.29 is 14.3 Å². The van der Waals surface area contributed by atoms with E-state index in [4.69, 9.17) is 4.74 Å². The molecule has 0 spiro atoms. The van der Waals surface area contributed by atoms with E-state index in [-0.39, 0.29) is 17.8 Å². The van der Waals surface area contributed by atoms with Gasteiger partial charge in [0, 0.05) is 18.2 Å². The number of fused-ring (bicyclic) bond motifs is 1. The van der Waals surface area contributed by atoms with E-state index >= 15 is 0 Å². The molecule has 0 aromatic carbocycles. The van der Waals surface area contributed by atoms with E-state index in [9.17, 15) is 9.59 Å². The minimum absolute atomic E-state index is 0.100. The zero-order chi connectivity index (χ0) is 22.3. The Balaban J connectivity index is 1.90. The van der Waals surface area contributed by atoms with E-state index in [0.29, 0.717) is 13.0 Å². The van der Waals surface area contributed by atoms with Gasteiger partial charge >= 0.3 is 5.97 Å². The first-order chi connectivity index (χ1) is 14.2. The Morgan fingerprint density at radius 2 is 2.00 bits per heavy atom. The molecule has 0 unspecified atom stereocenters. The van der Waals surface area contributed by atoms with Crippen LogP contribution in [0.4, 0.5) is 0 Å². The standard InChI is InChI=1S/C23H36N4O3/c1-7-30-21(28)18(14-16(2)3)26-22(29)23(5,6)11-8-9-13-27-17(4)25-19-15-24-12-10-20(19)27/h10,12,15-16,18H,7-9,11,13-14H2,1-6H3,(H,26,29)/t18-/m0/s1. The van der Waals surface area contributed by atoms with Gasteiger partial charge in [-0.1, -0.05) is 34.1 Å². The summed E-state index contributed by atoms with van der Waals surface area (Å²) in [5, 5.41) is 2.93. The Morgan fingerprint density at radius 1 is 1.27 bits per heavy atom. The average molecular weight is 417 g/mol. The summed E-state index contributed by atoms with van der Waals surface area (Å²) < 4.78 is 7.34. The fourth-order valence-corrected chi connectivity index (χ4v) is 3.62. The first kappa shape index (κ1) is 23.8. The third-order valence-corrected chi connectivity index (χ3v) is 5.37. The molecule has 2 aromatic heterocycles. The van der Waals surface area contributed by atoms with Crippen molar-refractivity contribution >= 4 is 22.9 Å². The number of unbranched alkanes of at least 4 members (excludes halogenated alkanes) is 1. The van der Waals surface area contributed by atoms with Crippen LogP contribution < -0.4 is 5.32 Å². The van der Waals surface area contributed by atoms with Crippen LogP contribution in [0, 0.1) is 18.3 Å². The van der Waals surface area contributed by atoms with E-state index in [1.165, 1.54) is 0 Å². The van der Waals surface area contributed by atoms with Crippen molar-refractivity contribution in [1.82, 2.24) is 19.9 Å². The molecule has 0 aliphatic heterocycles.